The number of hydrogen-bond acceptors (Lipinski definition) is 5. The number of nitrogens with zero attached hydrogens (tertiary/aromatic N) is 1. The van der Waals surface area contributed by atoms with Crippen LogP contribution in [0.25, 0.3) is 22.3 Å². The molecule has 4 aromatic rings. The summed E-state index contributed by atoms with van der Waals surface area (Å²) < 4.78 is 17.3. The third kappa shape index (κ3) is 5.15. The molecule has 0 aliphatic rings. The van der Waals surface area contributed by atoms with Crippen LogP contribution in [0.3, 0.4) is 0 Å². The fourth-order valence-corrected chi connectivity index (χ4v) is 4.08. The zero-order valence-electron chi connectivity index (χ0n) is 20.0. The van der Waals surface area contributed by atoms with Crippen LogP contribution >= 0.6 is 0 Å². The first-order valence-corrected chi connectivity index (χ1v) is 11.8. The first-order valence-electron chi connectivity index (χ1n) is 11.8. The molecule has 0 saturated carbocycles. The molecule has 0 saturated heterocycles. The van der Waals surface area contributed by atoms with E-state index in [4.69, 9.17) is 13.9 Å². The van der Waals surface area contributed by atoms with E-state index in [-0.39, 0.29) is 5.78 Å². The summed E-state index contributed by atoms with van der Waals surface area (Å²) in [5, 5.41) is 0.801. The minimum Gasteiger partial charge on any atom is -0.497 e. The molecule has 0 spiro atoms. The monoisotopic (exact) mass is 457 g/mol. The lowest BCUT2D eigenvalue weighted by Crippen LogP contribution is -2.25. The number of fused-ring (bicyclic) bond motifs is 1. The molecular formula is C29H31NO4. The number of para-hydroxylation sites is 1. The molecule has 0 fully saturated rings. The highest BCUT2D eigenvalue weighted by Gasteiger charge is 2.23. The SMILES string of the molecule is CCN(CC)CCCOc1ccc(C(=O)c2c(-c3ccc(OC)cc3)oc3ccccc23)cc1. The van der Waals surface area contributed by atoms with E-state index in [1.54, 1.807) is 7.11 Å². The van der Waals surface area contributed by atoms with Crippen molar-refractivity contribution in [3.8, 4) is 22.8 Å². The predicted molar refractivity (Wildman–Crippen MR) is 136 cm³/mol. The number of ether oxygens (including phenoxy) is 2. The van der Waals surface area contributed by atoms with Crippen LogP contribution in [0, 0.1) is 0 Å². The van der Waals surface area contributed by atoms with Gasteiger partial charge in [-0.05, 0) is 74.1 Å². The Balaban J connectivity index is 1.55. The van der Waals surface area contributed by atoms with Gasteiger partial charge >= 0.3 is 0 Å². The second-order valence-electron chi connectivity index (χ2n) is 8.11. The van der Waals surface area contributed by atoms with Gasteiger partial charge in [-0.2, -0.15) is 0 Å². The van der Waals surface area contributed by atoms with Crippen molar-refractivity contribution in [3.63, 3.8) is 0 Å². The maximum atomic E-state index is 13.6. The summed E-state index contributed by atoms with van der Waals surface area (Å²) in [6, 6.07) is 22.5. The van der Waals surface area contributed by atoms with Crippen LogP contribution in [-0.4, -0.2) is 44.0 Å². The van der Waals surface area contributed by atoms with E-state index in [1.165, 1.54) is 0 Å². The molecule has 0 atom stereocenters. The Labute approximate surface area is 200 Å². The summed E-state index contributed by atoms with van der Waals surface area (Å²) >= 11 is 0. The molecule has 0 aliphatic carbocycles. The predicted octanol–water partition coefficient (Wildman–Crippen LogP) is 6.45. The average Bonchev–Trinajstić information content (AvgIpc) is 3.28. The molecule has 5 nitrogen and oxygen atoms in total. The van der Waals surface area contributed by atoms with Crippen molar-refractivity contribution in [2.24, 2.45) is 0 Å². The topological polar surface area (TPSA) is 51.9 Å². The molecule has 5 heteroatoms. The van der Waals surface area contributed by atoms with Gasteiger partial charge in [0.05, 0.1) is 19.3 Å². The standard InChI is InChI=1S/C29H31NO4/c1-4-30(5-2)19-8-20-33-24-17-11-21(12-18-24)28(31)27-25-9-6-7-10-26(25)34-29(27)22-13-15-23(32-3)16-14-22/h6-7,9-18H,4-5,8,19-20H2,1-3H3. The molecule has 0 N–H and O–H groups in total. The second-order valence-corrected chi connectivity index (χ2v) is 8.11. The van der Waals surface area contributed by atoms with E-state index < -0.39 is 0 Å². The van der Waals surface area contributed by atoms with Gasteiger partial charge in [-0.3, -0.25) is 4.79 Å². The van der Waals surface area contributed by atoms with E-state index in [0.717, 1.165) is 48.5 Å². The van der Waals surface area contributed by atoms with Crippen LogP contribution in [0.1, 0.15) is 36.2 Å². The molecular weight excluding hydrogens is 426 g/mol. The second kappa shape index (κ2) is 11.0. The molecule has 0 amide bonds. The molecule has 3 aromatic carbocycles. The van der Waals surface area contributed by atoms with Gasteiger partial charge in [0, 0.05) is 23.1 Å². The summed E-state index contributed by atoms with van der Waals surface area (Å²) in [5.74, 6) is 2.00. The van der Waals surface area contributed by atoms with Crippen molar-refractivity contribution in [3.05, 3.63) is 83.9 Å². The number of carbonyl (C=O) groups is 1. The maximum Gasteiger partial charge on any atom is 0.197 e. The van der Waals surface area contributed by atoms with E-state index in [9.17, 15) is 4.79 Å². The average molecular weight is 458 g/mol. The molecule has 176 valence electrons. The lowest BCUT2D eigenvalue weighted by atomic mass is 9.97. The summed E-state index contributed by atoms with van der Waals surface area (Å²) in [7, 11) is 1.63. The Hall–Kier alpha value is -3.57. The summed E-state index contributed by atoms with van der Waals surface area (Å²) in [6.45, 7) is 8.11. The minimum atomic E-state index is -0.0798. The quantitative estimate of drug-likeness (QED) is 0.191. The highest BCUT2D eigenvalue weighted by atomic mass is 16.5. The number of rotatable bonds is 11. The number of furan rings is 1. The van der Waals surface area contributed by atoms with Crippen LogP contribution in [0.15, 0.2) is 77.2 Å². The van der Waals surface area contributed by atoms with Crippen molar-refractivity contribution in [2.75, 3.05) is 33.4 Å². The van der Waals surface area contributed by atoms with Crippen LogP contribution in [0.5, 0.6) is 11.5 Å². The molecule has 0 radical (unpaired) electrons. The Morgan fingerprint density at radius 1 is 0.882 bits per heavy atom. The summed E-state index contributed by atoms with van der Waals surface area (Å²) in [4.78, 5) is 16.0. The van der Waals surface area contributed by atoms with Gasteiger partial charge in [-0.1, -0.05) is 32.0 Å². The van der Waals surface area contributed by atoms with E-state index in [1.807, 2.05) is 72.8 Å². The smallest absolute Gasteiger partial charge is 0.197 e. The number of carbonyl (C=O) groups excluding carboxylic acids is 1. The van der Waals surface area contributed by atoms with Crippen LogP contribution < -0.4 is 9.47 Å². The van der Waals surface area contributed by atoms with Gasteiger partial charge in [0.15, 0.2) is 5.78 Å². The van der Waals surface area contributed by atoms with Crippen LogP contribution in [0.4, 0.5) is 0 Å². The molecule has 0 unspecified atom stereocenters. The van der Waals surface area contributed by atoms with Crippen molar-refractivity contribution >= 4 is 16.8 Å². The Morgan fingerprint density at radius 2 is 1.56 bits per heavy atom. The first kappa shape index (κ1) is 23.6. The highest BCUT2D eigenvalue weighted by Crippen LogP contribution is 2.36. The van der Waals surface area contributed by atoms with Crippen LogP contribution in [-0.2, 0) is 0 Å². The van der Waals surface area contributed by atoms with Gasteiger partial charge in [-0.15, -0.1) is 0 Å². The number of methoxy groups -OCH3 is 1. The fraction of sp³-hybridized carbons (Fsp3) is 0.276. The zero-order valence-corrected chi connectivity index (χ0v) is 20.0. The van der Waals surface area contributed by atoms with E-state index in [2.05, 4.69) is 18.7 Å². The molecule has 0 aliphatic heterocycles. The zero-order chi connectivity index (χ0) is 23.9. The minimum absolute atomic E-state index is 0.0798. The molecule has 34 heavy (non-hydrogen) atoms. The first-order chi connectivity index (χ1) is 16.6. The van der Waals surface area contributed by atoms with Crippen molar-refractivity contribution in [1.29, 1.82) is 0 Å². The normalized spacial score (nSPS) is 11.2. The van der Waals surface area contributed by atoms with Crippen molar-refractivity contribution in [1.82, 2.24) is 4.90 Å². The number of benzene rings is 3. The molecule has 4 rings (SSSR count). The Bertz CT molecular complexity index is 1220. The van der Waals surface area contributed by atoms with Crippen molar-refractivity contribution in [2.45, 2.75) is 20.3 Å². The molecule has 1 aromatic heterocycles. The Kier molecular flexibility index (Phi) is 7.65. The van der Waals surface area contributed by atoms with Gasteiger partial charge in [0.1, 0.15) is 22.8 Å². The lowest BCUT2D eigenvalue weighted by molar-refractivity contribution is 0.104. The summed E-state index contributed by atoms with van der Waals surface area (Å²) in [5.41, 5.74) is 2.67. The van der Waals surface area contributed by atoms with Gasteiger partial charge < -0.3 is 18.8 Å². The summed E-state index contributed by atoms with van der Waals surface area (Å²) in [6.07, 6.45) is 0.967. The largest absolute Gasteiger partial charge is 0.497 e. The molecule has 1 heterocycles. The highest BCUT2D eigenvalue weighted by molar-refractivity contribution is 6.19. The lowest BCUT2D eigenvalue weighted by Gasteiger charge is -2.17. The maximum absolute atomic E-state index is 13.6. The fourth-order valence-electron chi connectivity index (χ4n) is 4.08. The third-order valence-electron chi connectivity index (χ3n) is 6.07. The Morgan fingerprint density at radius 3 is 2.24 bits per heavy atom. The van der Waals surface area contributed by atoms with Crippen molar-refractivity contribution < 1.29 is 18.7 Å². The van der Waals surface area contributed by atoms with E-state index >= 15 is 0 Å². The van der Waals surface area contributed by atoms with Gasteiger partial charge in [-0.25, -0.2) is 0 Å². The van der Waals surface area contributed by atoms with Gasteiger partial charge in [0.25, 0.3) is 0 Å². The van der Waals surface area contributed by atoms with Gasteiger partial charge in [0.2, 0.25) is 0 Å². The van der Waals surface area contributed by atoms with Crippen LogP contribution in [0.2, 0.25) is 0 Å². The van der Waals surface area contributed by atoms with E-state index in [0.29, 0.717) is 29.1 Å². The number of hydrogen-bond donors (Lipinski definition) is 0. The number of ketones is 1. The third-order valence-corrected chi connectivity index (χ3v) is 6.07. The molecule has 0 bridgehead atoms.